The van der Waals surface area contributed by atoms with Gasteiger partial charge in [-0.15, -0.1) is 0 Å². The summed E-state index contributed by atoms with van der Waals surface area (Å²) in [6.07, 6.45) is 4.45. The number of rotatable bonds is 7. The minimum absolute atomic E-state index is 0.221. The van der Waals surface area contributed by atoms with Crippen molar-refractivity contribution in [3.8, 4) is 0 Å². The number of hydrogen-bond donors (Lipinski definition) is 0. The van der Waals surface area contributed by atoms with Crippen LogP contribution in [0.25, 0.3) is 10.9 Å². The molecular weight excluding hydrogens is 442 g/mol. The Morgan fingerprint density at radius 2 is 1.60 bits per heavy atom. The van der Waals surface area contributed by atoms with E-state index in [1.807, 2.05) is 37.8 Å². The second-order valence-electron chi connectivity index (χ2n) is 10.4. The predicted molar refractivity (Wildman–Crippen MR) is 133 cm³/mol. The zero-order valence-corrected chi connectivity index (χ0v) is 20.5. The van der Waals surface area contributed by atoms with Crippen molar-refractivity contribution < 1.29 is 19.1 Å². The number of carbonyl (C=O) groups excluding carboxylic acids is 3. The Labute approximate surface area is 205 Å². The summed E-state index contributed by atoms with van der Waals surface area (Å²) in [7, 11) is 0. The quantitative estimate of drug-likeness (QED) is 0.441. The van der Waals surface area contributed by atoms with Gasteiger partial charge in [-0.05, 0) is 63.8 Å². The molecule has 1 aliphatic carbocycles. The Morgan fingerprint density at radius 3 is 2.23 bits per heavy atom. The molecule has 3 aromatic rings. The summed E-state index contributed by atoms with van der Waals surface area (Å²) < 4.78 is 7.83. The van der Waals surface area contributed by atoms with E-state index in [0.29, 0.717) is 37.2 Å². The number of fused-ring (bicyclic) bond motifs is 2. The molecule has 0 atom stereocenters. The van der Waals surface area contributed by atoms with Gasteiger partial charge in [-0.2, -0.15) is 0 Å². The smallest absolute Gasteiger partial charge is 0.410 e. The molecule has 0 N–H and O–H groups in total. The third-order valence-corrected chi connectivity index (χ3v) is 6.49. The lowest BCUT2D eigenvalue weighted by Gasteiger charge is -2.27. The second kappa shape index (κ2) is 8.87. The maximum absolute atomic E-state index is 12.9. The van der Waals surface area contributed by atoms with Crippen molar-refractivity contribution in [1.29, 1.82) is 0 Å². The summed E-state index contributed by atoms with van der Waals surface area (Å²) in [5.74, 6) is -0.442. The number of amides is 3. The summed E-state index contributed by atoms with van der Waals surface area (Å²) in [6, 6.07) is 15.3. The Hall–Kier alpha value is -3.61. The number of benzene rings is 2. The minimum atomic E-state index is -0.539. The van der Waals surface area contributed by atoms with Crippen LogP contribution < -0.4 is 0 Å². The molecule has 3 amide bonds. The van der Waals surface area contributed by atoms with Crippen LogP contribution in [0.15, 0.2) is 54.7 Å². The van der Waals surface area contributed by atoms with E-state index in [1.165, 1.54) is 4.90 Å². The topological polar surface area (TPSA) is 71.8 Å². The highest BCUT2D eigenvalue weighted by Crippen LogP contribution is 2.32. The normalized spacial score (nSPS) is 15.6. The van der Waals surface area contributed by atoms with E-state index >= 15 is 0 Å². The molecule has 7 heteroatoms. The Bertz CT molecular complexity index is 1260. The van der Waals surface area contributed by atoms with Crippen LogP contribution in [0.1, 0.15) is 66.3 Å². The molecule has 1 aromatic heterocycles. The standard InChI is InChI=1S/C28H31N3O4/c1-28(2,3)35-27(34)31(20-13-14-20)18-19-17-29(24-12-7-6-9-21(19)24)15-8-16-30-25(32)22-10-4-5-11-23(22)26(30)33/h4-7,9-12,17,20H,8,13-16,18H2,1-3H3. The SMILES string of the molecule is CC(C)(C)OC(=O)N(Cc1cn(CCCN2C(=O)c3ccccc3C2=O)c2ccccc12)C1CC1. The lowest BCUT2D eigenvalue weighted by Crippen LogP contribution is -2.37. The number of aromatic nitrogens is 1. The number of para-hydroxylation sites is 1. The van der Waals surface area contributed by atoms with Crippen molar-refractivity contribution in [1.82, 2.24) is 14.4 Å². The number of ether oxygens (including phenoxy) is 1. The molecule has 0 unspecified atom stereocenters. The summed E-state index contributed by atoms with van der Waals surface area (Å²) in [6.45, 7) is 7.16. The van der Waals surface area contributed by atoms with E-state index in [-0.39, 0.29) is 23.9 Å². The minimum Gasteiger partial charge on any atom is -0.444 e. The zero-order chi connectivity index (χ0) is 24.7. The number of aryl methyl sites for hydroxylation is 1. The fraction of sp³-hybridized carbons (Fsp3) is 0.393. The van der Waals surface area contributed by atoms with Crippen molar-refractivity contribution >= 4 is 28.8 Å². The second-order valence-corrected chi connectivity index (χ2v) is 10.4. The molecular formula is C28H31N3O4. The number of nitrogens with zero attached hydrogens (tertiary/aromatic N) is 3. The first kappa shape index (κ1) is 23.1. The highest BCUT2D eigenvalue weighted by atomic mass is 16.6. The number of hydrogen-bond acceptors (Lipinski definition) is 4. The molecule has 1 fully saturated rings. The molecule has 0 saturated heterocycles. The van der Waals surface area contributed by atoms with Crippen LogP contribution in [0.4, 0.5) is 4.79 Å². The van der Waals surface area contributed by atoms with Gasteiger partial charge in [-0.3, -0.25) is 14.5 Å². The lowest BCUT2D eigenvalue weighted by atomic mass is 10.1. The van der Waals surface area contributed by atoms with Gasteiger partial charge in [0.2, 0.25) is 0 Å². The summed E-state index contributed by atoms with van der Waals surface area (Å²) in [5, 5.41) is 1.10. The average molecular weight is 474 g/mol. The van der Waals surface area contributed by atoms with E-state index < -0.39 is 5.60 Å². The molecule has 1 aliphatic heterocycles. The van der Waals surface area contributed by atoms with Crippen molar-refractivity contribution in [3.05, 3.63) is 71.4 Å². The Balaban J connectivity index is 1.31. The van der Waals surface area contributed by atoms with Gasteiger partial charge in [-0.25, -0.2) is 4.79 Å². The van der Waals surface area contributed by atoms with E-state index in [0.717, 1.165) is 29.3 Å². The predicted octanol–water partition coefficient (Wildman–Crippen LogP) is 5.23. The Kier molecular flexibility index (Phi) is 5.87. The number of carbonyl (C=O) groups is 3. The molecule has 2 aromatic carbocycles. The van der Waals surface area contributed by atoms with Gasteiger partial charge in [0.1, 0.15) is 5.60 Å². The fourth-order valence-electron chi connectivity index (χ4n) is 4.71. The van der Waals surface area contributed by atoms with Crippen LogP contribution in [0, 0.1) is 0 Å². The van der Waals surface area contributed by atoms with Gasteiger partial charge in [0, 0.05) is 36.2 Å². The summed E-state index contributed by atoms with van der Waals surface area (Å²) in [4.78, 5) is 41.4. The van der Waals surface area contributed by atoms with E-state index in [1.54, 1.807) is 24.3 Å². The number of imide groups is 1. The lowest BCUT2D eigenvalue weighted by molar-refractivity contribution is 0.0217. The van der Waals surface area contributed by atoms with Crippen LogP contribution >= 0.6 is 0 Å². The molecule has 2 aliphatic rings. The van der Waals surface area contributed by atoms with Gasteiger partial charge in [0.15, 0.2) is 0 Å². The molecule has 35 heavy (non-hydrogen) atoms. The van der Waals surface area contributed by atoms with Gasteiger partial charge in [0.25, 0.3) is 11.8 Å². The zero-order valence-electron chi connectivity index (χ0n) is 20.5. The Morgan fingerprint density at radius 1 is 0.971 bits per heavy atom. The molecule has 0 radical (unpaired) electrons. The molecule has 182 valence electrons. The third-order valence-electron chi connectivity index (χ3n) is 6.49. The van der Waals surface area contributed by atoms with Crippen molar-refractivity contribution in [2.24, 2.45) is 0 Å². The molecule has 0 bridgehead atoms. The van der Waals surface area contributed by atoms with Crippen molar-refractivity contribution in [2.45, 2.75) is 64.8 Å². The third kappa shape index (κ3) is 4.67. The molecule has 7 nitrogen and oxygen atoms in total. The van der Waals surface area contributed by atoms with Crippen molar-refractivity contribution in [2.75, 3.05) is 6.54 Å². The van der Waals surface area contributed by atoms with Crippen LogP contribution in [-0.2, 0) is 17.8 Å². The van der Waals surface area contributed by atoms with E-state index in [9.17, 15) is 14.4 Å². The van der Waals surface area contributed by atoms with E-state index in [4.69, 9.17) is 4.74 Å². The first-order valence-electron chi connectivity index (χ1n) is 12.2. The molecule has 1 saturated carbocycles. The average Bonchev–Trinajstić information content (AvgIpc) is 3.56. The van der Waals surface area contributed by atoms with Crippen LogP contribution in [0.2, 0.25) is 0 Å². The monoisotopic (exact) mass is 473 g/mol. The van der Waals surface area contributed by atoms with Gasteiger partial charge in [-0.1, -0.05) is 30.3 Å². The largest absolute Gasteiger partial charge is 0.444 e. The van der Waals surface area contributed by atoms with E-state index in [2.05, 4.69) is 22.9 Å². The maximum Gasteiger partial charge on any atom is 0.410 e. The van der Waals surface area contributed by atoms with Crippen LogP contribution in [0.3, 0.4) is 0 Å². The van der Waals surface area contributed by atoms with Crippen molar-refractivity contribution in [3.63, 3.8) is 0 Å². The first-order chi connectivity index (χ1) is 16.7. The maximum atomic E-state index is 12.9. The summed E-state index contributed by atoms with van der Waals surface area (Å²) >= 11 is 0. The molecule has 5 rings (SSSR count). The van der Waals surface area contributed by atoms with Gasteiger partial charge in [0.05, 0.1) is 17.7 Å². The highest BCUT2D eigenvalue weighted by molar-refractivity contribution is 6.21. The fourth-order valence-corrected chi connectivity index (χ4v) is 4.71. The van der Waals surface area contributed by atoms with Gasteiger partial charge >= 0.3 is 6.09 Å². The summed E-state index contributed by atoms with van der Waals surface area (Å²) in [5.41, 5.74) is 2.56. The molecule has 0 spiro atoms. The van der Waals surface area contributed by atoms with Crippen LogP contribution in [0.5, 0.6) is 0 Å². The highest BCUT2D eigenvalue weighted by Gasteiger charge is 2.36. The van der Waals surface area contributed by atoms with Gasteiger partial charge < -0.3 is 14.2 Å². The van der Waals surface area contributed by atoms with Crippen LogP contribution in [-0.4, -0.2) is 50.5 Å². The molecule has 2 heterocycles. The first-order valence-corrected chi connectivity index (χ1v) is 12.2.